The van der Waals surface area contributed by atoms with Gasteiger partial charge < -0.3 is 10.0 Å². The molecule has 6 heteroatoms. The summed E-state index contributed by atoms with van der Waals surface area (Å²) in [4.78, 5) is 32.6. The van der Waals surface area contributed by atoms with E-state index in [2.05, 4.69) is 30.7 Å². The topological polar surface area (TPSA) is 64.1 Å². The zero-order valence-electron chi connectivity index (χ0n) is 18.5. The number of carbonyl (C=O) groups excluding carboxylic acids is 2. The number of para-hydroxylation sites is 1. The van der Waals surface area contributed by atoms with E-state index in [0.717, 1.165) is 31.7 Å². The van der Waals surface area contributed by atoms with Gasteiger partial charge in [0.15, 0.2) is 11.4 Å². The second kappa shape index (κ2) is 8.54. The maximum Gasteiger partial charge on any atom is 0.265 e. The summed E-state index contributed by atoms with van der Waals surface area (Å²) in [7, 11) is 2.09. The van der Waals surface area contributed by atoms with Crippen LogP contribution in [0.4, 0.5) is 5.69 Å². The van der Waals surface area contributed by atoms with E-state index in [9.17, 15) is 14.7 Å². The molecule has 1 unspecified atom stereocenters. The number of ketones is 1. The minimum absolute atomic E-state index is 0.234. The van der Waals surface area contributed by atoms with E-state index in [0.29, 0.717) is 29.4 Å². The van der Waals surface area contributed by atoms with Crippen molar-refractivity contribution in [1.29, 1.82) is 0 Å². The summed E-state index contributed by atoms with van der Waals surface area (Å²) in [5.74, 6) is -0.276. The fourth-order valence-corrected chi connectivity index (χ4v) is 4.40. The first-order chi connectivity index (χ1) is 14.8. The Morgan fingerprint density at radius 3 is 2.32 bits per heavy atom. The van der Waals surface area contributed by atoms with Crippen molar-refractivity contribution in [1.82, 2.24) is 9.80 Å². The van der Waals surface area contributed by atoms with Gasteiger partial charge in [0.1, 0.15) is 0 Å². The molecule has 1 N–H and O–H groups in total. The molecule has 1 atom stereocenters. The third-order valence-electron chi connectivity index (χ3n) is 6.49. The van der Waals surface area contributed by atoms with Gasteiger partial charge in [-0.3, -0.25) is 19.4 Å². The third kappa shape index (κ3) is 4.15. The Kier molecular flexibility index (Phi) is 5.97. The van der Waals surface area contributed by atoms with Gasteiger partial charge in [-0.2, -0.15) is 0 Å². The van der Waals surface area contributed by atoms with Crippen molar-refractivity contribution in [2.24, 2.45) is 0 Å². The number of benzene rings is 2. The Morgan fingerprint density at radius 1 is 1.03 bits per heavy atom. The Morgan fingerprint density at radius 2 is 1.68 bits per heavy atom. The first-order valence-electron chi connectivity index (χ1n) is 11.0. The fourth-order valence-electron chi connectivity index (χ4n) is 4.40. The standard InChI is InChI=1S/C25H31N3O3/c1-18(2)19-8-10-20(11-9-19)23(29)16-25(31)21-6-4-5-7-22(21)28(24(25)30)17-27-14-12-26(3)13-15-27/h4-11,18,31H,12-17H2,1-3H3. The van der Waals surface area contributed by atoms with Crippen LogP contribution >= 0.6 is 0 Å². The highest BCUT2D eigenvalue weighted by Gasteiger charge is 2.51. The molecule has 0 aromatic heterocycles. The molecule has 31 heavy (non-hydrogen) atoms. The molecule has 1 fully saturated rings. The highest BCUT2D eigenvalue weighted by molar-refractivity contribution is 6.10. The van der Waals surface area contributed by atoms with E-state index >= 15 is 0 Å². The van der Waals surface area contributed by atoms with Crippen LogP contribution in [-0.2, 0) is 10.4 Å². The smallest absolute Gasteiger partial charge is 0.265 e. The van der Waals surface area contributed by atoms with Crippen molar-refractivity contribution >= 4 is 17.4 Å². The largest absolute Gasteiger partial charge is 0.375 e. The van der Waals surface area contributed by atoms with Gasteiger partial charge in [-0.15, -0.1) is 0 Å². The van der Waals surface area contributed by atoms with Gasteiger partial charge in [-0.05, 0) is 24.6 Å². The minimum Gasteiger partial charge on any atom is -0.375 e. The molecule has 4 rings (SSSR count). The summed E-state index contributed by atoms with van der Waals surface area (Å²) in [5.41, 5.74) is 1.03. The summed E-state index contributed by atoms with van der Waals surface area (Å²) >= 11 is 0. The predicted octanol–water partition coefficient (Wildman–Crippen LogP) is 2.82. The van der Waals surface area contributed by atoms with E-state index in [1.807, 2.05) is 24.3 Å². The lowest BCUT2D eigenvalue weighted by atomic mass is 9.87. The van der Waals surface area contributed by atoms with Crippen molar-refractivity contribution in [2.75, 3.05) is 44.8 Å². The Bertz CT molecular complexity index is 964. The third-order valence-corrected chi connectivity index (χ3v) is 6.49. The molecule has 2 aliphatic heterocycles. The first kappa shape index (κ1) is 21.7. The van der Waals surface area contributed by atoms with Gasteiger partial charge in [0.25, 0.3) is 5.91 Å². The summed E-state index contributed by atoms with van der Waals surface area (Å²) in [6, 6.07) is 14.7. The molecular formula is C25H31N3O3. The number of piperazine rings is 1. The molecule has 1 amide bonds. The maximum atomic E-state index is 13.4. The number of anilines is 1. The molecule has 0 radical (unpaired) electrons. The van der Waals surface area contributed by atoms with E-state index in [4.69, 9.17) is 0 Å². The average molecular weight is 422 g/mol. The van der Waals surface area contributed by atoms with Crippen LogP contribution in [0.5, 0.6) is 0 Å². The number of hydrogen-bond donors (Lipinski definition) is 1. The normalized spacial score (nSPS) is 22.2. The van der Waals surface area contributed by atoms with E-state index in [-0.39, 0.29) is 12.2 Å². The lowest BCUT2D eigenvalue weighted by Crippen LogP contribution is -2.51. The highest BCUT2D eigenvalue weighted by Crippen LogP contribution is 2.43. The van der Waals surface area contributed by atoms with Crippen molar-refractivity contribution in [3.63, 3.8) is 0 Å². The molecule has 164 valence electrons. The van der Waals surface area contributed by atoms with E-state index in [1.165, 1.54) is 0 Å². The second-order valence-electron chi connectivity index (χ2n) is 9.05. The van der Waals surface area contributed by atoms with Crippen molar-refractivity contribution in [2.45, 2.75) is 31.8 Å². The molecule has 0 spiro atoms. The van der Waals surface area contributed by atoms with Crippen molar-refractivity contribution in [3.05, 3.63) is 65.2 Å². The minimum atomic E-state index is -1.84. The molecule has 1 saturated heterocycles. The van der Waals surface area contributed by atoms with Crippen LogP contribution in [0.25, 0.3) is 0 Å². The van der Waals surface area contributed by atoms with Crippen LogP contribution in [0.3, 0.4) is 0 Å². The molecule has 2 heterocycles. The van der Waals surface area contributed by atoms with Gasteiger partial charge >= 0.3 is 0 Å². The lowest BCUT2D eigenvalue weighted by molar-refractivity contribution is -0.136. The average Bonchev–Trinajstić information content (AvgIpc) is 2.97. The van der Waals surface area contributed by atoms with Crippen molar-refractivity contribution in [3.8, 4) is 0 Å². The lowest BCUT2D eigenvalue weighted by Gasteiger charge is -2.35. The summed E-state index contributed by atoms with van der Waals surface area (Å²) in [6.45, 7) is 8.23. The van der Waals surface area contributed by atoms with Gasteiger partial charge in [0.2, 0.25) is 0 Å². The number of carbonyl (C=O) groups is 2. The first-order valence-corrected chi connectivity index (χ1v) is 11.0. The Balaban J connectivity index is 1.56. The maximum absolute atomic E-state index is 13.4. The number of amides is 1. The molecule has 0 bridgehead atoms. The summed E-state index contributed by atoms with van der Waals surface area (Å²) in [5, 5.41) is 11.5. The van der Waals surface area contributed by atoms with Crippen molar-refractivity contribution < 1.29 is 14.7 Å². The monoisotopic (exact) mass is 421 g/mol. The van der Waals surface area contributed by atoms with Gasteiger partial charge in [-0.25, -0.2) is 0 Å². The molecule has 2 aromatic carbocycles. The molecule has 6 nitrogen and oxygen atoms in total. The fraction of sp³-hybridized carbons (Fsp3) is 0.440. The number of rotatable bonds is 6. The zero-order valence-corrected chi connectivity index (χ0v) is 18.5. The van der Waals surface area contributed by atoms with E-state index < -0.39 is 11.5 Å². The number of Topliss-reactive ketones (excluding diaryl/α,β-unsaturated/α-hetero) is 1. The zero-order chi connectivity index (χ0) is 22.2. The van der Waals surface area contributed by atoms with Gasteiger partial charge in [0.05, 0.1) is 18.8 Å². The predicted molar refractivity (Wildman–Crippen MR) is 121 cm³/mol. The quantitative estimate of drug-likeness (QED) is 0.727. The number of nitrogens with zero attached hydrogens (tertiary/aromatic N) is 3. The number of fused-ring (bicyclic) bond motifs is 1. The van der Waals surface area contributed by atoms with Crippen LogP contribution in [0.2, 0.25) is 0 Å². The molecule has 2 aromatic rings. The summed E-state index contributed by atoms with van der Waals surface area (Å²) < 4.78 is 0. The SMILES string of the molecule is CC(C)c1ccc(C(=O)CC2(O)C(=O)N(CN3CCN(C)CC3)c3ccccc32)cc1. The Hall–Kier alpha value is -2.54. The van der Waals surface area contributed by atoms with E-state index in [1.54, 1.807) is 29.2 Å². The molecule has 2 aliphatic rings. The Labute approximate surface area is 184 Å². The van der Waals surface area contributed by atoms with Crippen LogP contribution in [0, 0.1) is 0 Å². The number of hydrogen-bond acceptors (Lipinski definition) is 5. The highest BCUT2D eigenvalue weighted by atomic mass is 16.3. The van der Waals surface area contributed by atoms with Crippen LogP contribution in [0.15, 0.2) is 48.5 Å². The molecular weight excluding hydrogens is 390 g/mol. The second-order valence-corrected chi connectivity index (χ2v) is 9.05. The van der Waals surface area contributed by atoms with Gasteiger partial charge in [-0.1, -0.05) is 56.3 Å². The molecule has 0 saturated carbocycles. The molecule has 0 aliphatic carbocycles. The van der Waals surface area contributed by atoms with Crippen LogP contribution in [-0.4, -0.2) is 66.5 Å². The van der Waals surface area contributed by atoms with Gasteiger partial charge in [0, 0.05) is 37.3 Å². The number of likely N-dealkylation sites (N-methyl/N-ethyl adjacent to an activating group) is 1. The van der Waals surface area contributed by atoms with Crippen LogP contribution in [0.1, 0.15) is 47.7 Å². The van der Waals surface area contributed by atoms with Crippen LogP contribution < -0.4 is 4.90 Å². The number of aliphatic hydroxyl groups is 1. The summed E-state index contributed by atoms with van der Waals surface area (Å²) in [6.07, 6.45) is -0.261.